The summed E-state index contributed by atoms with van der Waals surface area (Å²) in [6.07, 6.45) is 0. The monoisotopic (exact) mass is 333 g/mol. The molecule has 0 aliphatic rings. The Kier molecular flexibility index (Phi) is 4.62. The second-order valence-corrected chi connectivity index (χ2v) is 5.08. The summed E-state index contributed by atoms with van der Waals surface area (Å²) in [5.74, 6) is -0.226. The van der Waals surface area contributed by atoms with Crippen LogP contribution in [0.25, 0.3) is 0 Å². The summed E-state index contributed by atoms with van der Waals surface area (Å²) in [6, 6.07) is 17.5. The number of hydrogen-bond donors (Lipinski definition) is 2. The number of carbonyl (C=O) groups is 1. The quantitative estimate of drug-likeness (QED) is 0.763. The fraction of sp³-hybridized carbons (Fsp3) is 0. The summed E-state index contributed by atoms with van der Waals surface area (Å²) in [7, 11) is 0. The molecule has 0 spiro atoms. The predicted molar refractivity (Wildman–Crippen MR) is 90.8 cm³/mol. The Hall–Kier alpha value is -3.79. The van der Waals surface area contributed by atoms with E-state index in [-0.39, 0.29) is 11.4 Å². The number of hydrogen-bond acceptors (Lipinski definition) is 5. The maximum absolute atomic E-state index is 13.1. The normalized spacial score (nSPS) is 9.92. The molecule has 2 N–H and O–H groups in total. The molecule has 1 heterocycles. The predicted octanol–water partition coefficient (Wildman–Crippen LogP) is 3.48. The Bertz CT molecular complexity index is 933. The number of halogens is 1. The molecular weight excluding hydrogens is 321 g/mol. The molecule has 0 saturated carbocycles. The van der Waals surface area contributed by atoms with Crippen LogP contribution in [0.15, 0.2) is 60.7 Å². The van der Waals surface area contributed by atoms with E-state index in [9.17, 15) is 9.18 Å². The number of nitrogens with zero attached hydrogens (tertiary/aromatic N) is 3. The first-order valence-corrected chi connectivity index (χ1v) is 7.32. The lowest BCUT2D eigenvalue weighted by Crippen LogP contribution is -2.13. The minimum absolute atomic E-state index is 0.196. The summed E-state index contributed by atoms with van der Waals surface area (Å²) >= 11 is 0. The zero-order valence-corrected chi connectivity index (χ0v) is 12.9. The van der Waals surface area contributed by atoms with Gasteiger partial charge in [-0.3, -0.25) is 4.79 Å². The van der Waals surface area contributed by atoms with Crippen molar-refractivity contribution in [2.75, 3.05) is 10.6 Å². The molecule has 0 fully saturated rings. The average molecular weight is 333 g/mol. The molecule has 0 radical (unpaired) electrons. The maximum Gasteiger partial charge on any atom is 0.256 e. The van der Waals surface area contributed by atoms with Gasteiger partial charge >= 0.3 is 0 Å². The first-order chi connectivity index (χ1) is 12.1. The Labute approximate surface area is 143 Å². The van der Waals surface area contributed by atoms with Crippen molar-refractivity contribution in [3.63, 3.8) is 0 Å². The van der Waals surface area contributed by atoms with Crippen LogP contribution in [0.3, 0.4) is 0 Å². The lowest BCUT2D eigenvalue weighted by Gasteiger charge is -2.07. The number of nitriles is 1. The van der Waals surface area contributed by atoms with Crippen molar-refractivity contribution >= 4 is 23.2 Å². The van der Waals surface area contributed by atoms with Gasteiger partial charge in [0.2, 0.25) is 0 Å². The van der Waals surface area contributed by atoms with E-state index in [4.69, 9.17) is 5.26 Å². The Morgan fingerprint density at radius 2 is 1.72 bits per heavy atom. The van der Waals surface area contributed by atoms with Gasteiger partial charge in [-0.25, -0.2) is 4.39 Å². The minimum Gasteiger partial charge on any atom is -0.339 e. The zero-order valence-electron chi connectivity index (χ0n) is 12.9. The molecule has 122 valence electrons. The molecule has 6 nitrogen and oxygen atoms in total. The fourth-order valence-corrected chi connectivity index (χ4v) is 2.06. The first kappa shape index (κ1) is 16.1. The van der Waals surface area contributed by atoms with Crippen molar-refractivity contribution in [3.8, 4) is 6.07 Å². The number of aromatic nitrogens is 2. The molecule has 25 heavy (non-hydrogen) atoms. The zero-order chi connectivity index (χ0) is 17.6. The smallest absolute Gasteiger partial charge is 0.256 e. The summed E-state index contributed by atoms with van der Waals surface area (Å²) < 4.78 is 13.1. The number of amides is 1. The highest BCUT2D eigenvalue weighted by Gasteiger charge is 2.08. The third kappa shape index (κ3) is 4.14. The topological polar surface area (TPSA) is 90.7 Å². The van der Waals surface area contributed by atoms with Crippen LogP contribution in [-0.2, 0) is 0 Å². The molecule has 2 aromatic carbocycles. The van der Waals surface area contributed by atoms with Gasteiger partial charge in [0, 0.05) is 11.3 Å². The van der Waals surface area contributed by atoms with Crippen LogP contribution < -0.4 is 10.6 Å². The molecule has 0 saturated heterocycles. The fourth-order valence-electron chi connectivity index (χ4n) is 2.06. The molecular formula is C18H12FN5O. The van der Waals surface area contributed by atoms with Crippen molar-refractivity contribution in [1.29, 1.82) is 5.26 Å². The summed E-state index contributed by atoms with van der Waals surface area (Å²) in [4.78, 5) is 12.0. The largest absolute Gasteiger partial charge is 0.339 e. The van der Waals surface area contributed by atoms with Crippen LogP contribution in [0.4, 0.5) is 21.7 Å². The van der Waals surface area contributed by atoms with Gasteiger partial charge in [-0.05, 0) is 54.6 Å². The van der Waals surface area contributed by atoms with E-state index in [0.717, 1.165) is 11.8 Å². The third-order valence-corrected chi connectivity index (χ3v) is 3.28. The van der Waals surface area contributed by atoms with E-state index in [0.29, 0.717) is 11.4 Å². The second kappa shape index (κ2) is 7.19. The first-order valence-electron chi connectivity index (χ1n) is 7.32. The lowest BCUT2D eigenvalue weighted by molar-refractivity contribution is 0.102. The van der Waals surface area contributed by atoms with Crippen molar-refractivity contribution in [3.05, 3.63) is 77.6 Å². The second-order valence-electron chi connectivity index (χ2n) is 5.08. The molecule has 1 aromatic heterocycles. The highest BCUT2D eigenvalue weighted by Crippen LogP contribution is 2.16. The number of rotatable bonds is 4. The molecule has 0 aliphatic carbocycles. The van der Waals surface area contributed by atoms with Gasteiger partial charge < -0.3 is 10.6 Å². The number of carbonyl (C=O) groups excluding carboxylic acids is 1. The van der Waals surface area contributed by atoms with Crippen LogP contribution in [0.5, 0.6) is 0 Å². The third-order valence-electron chi connectivity index (χ3n) is 3.28. The summed E-state index contributed by atoms with van der Waals surface area (Å²) in [5, 5.41) is 22.2. The van der Waals surface area contributed by atoms with Crippen LogP contribution >= 0.6 is 0 Å². The Balaban J connectivity index is 1.65. The van der Waals surface area contributed by atoms with Crippen LogP contribution in [0.1, 0.15) is 15.9 Å². The van der Waals surface area contributed by atoms with Gasteiger partial charge in [0.1, 0.15) is 5.82 Å². The van der Waals surface area contributed by atoms with Crippen molar-refractivity contribution < 1.29 is 9.18 Å². The van der Waals surface area contributed by atoms with Crippen molar-refractivity contribution in [2.45, 2.75) is 0 Å². The van der Waals surface area contributed by atoms with E-state index in [2.05, 4.69) is 20.8 Å². The van der Waals surface area contributed by atoms with Gasteiger partial charge in [0.15, 0.2) is 11.6 Å². The summed E-state index contributed by atoms with van der Waals surface area (Å²) in [5.41, 5.74) is 1.51. The maximum atomic E-state index is 13.1. The van der Waals surface area contributed by atoms with Gasteiger partial charge in [-0.15, -0.1) is 10.2 Å². The molecule has 0 aliphatic heterocycles. The lowest BCUT2D eigenvalue weighted by atomic mass is 10.2. The van der Waals surface area contributed by atoms with Crippen LogP contribution in [0, 0.1) is 17.1 Å². The Morgan fingerprint density at radius 3 is 2.36 bits per heavy atom. The standard InChI is InChI=1S/C18H12FN5O/c19-14-3-1-2-13(10-14)18(25)22-17-9-8-16(23-24-17)21-15-6-4-12(11-20)5-7-15/h1-10H,(H,21,23)(H,22,24,25). The molecule has 3 rings (SSSR count). The van der Waals surface area contributed by atoms with E-state index in [1.54, 1.807) is 36.4 Å². The van der Waals surface area contributed by atoms with Crippen molar-refractivity contribution in [2.24, 2.45) is 0 Å². The van der Waals surface area contributed by atoms with Crippen LogP contribution in [0.2, 0.25) is 0 Å². The molecule has 0 bridgehead atoms. The van der Waals surface area contributed by atoms with E-state index < -0.39 is 11.7 Å². The van der Waals surface area contributed by atoms with E-state index in [1.165, 1.54) is 18.2 Å². The van der Waals surface area contributed by atoms with E-state index >= 15 is 0 Å². The molecule has 0 atom stereocenters. The number of anilines is 3. The number of nitrogens with one attached hydrogen (secondary N) is 2. The van der Waals surface area contributed by atoms with E-state index in [1.807, 2.05) is 6.07 Å². The Morgan fingerprint density at radius 1 is 1.00 bits per heavy atom. The van der Waals surface area contributed by atoms with Gasteiger partial charge in [0.05, 0.1) is 11.6 Å². The average Bonchev–Trinajstić information content (AvgIpc) is 2.64. The minimum atomic E-state index is -0.485. The SMILES string of the molecule is N#Cc1ccc(Nc2ccc(NC(=O)c3cccc(F)c3)nn2)cc1. The molecule has 7 heteroatoms. The molecule has 0 unspecified atom stereocenters. The molecule has 1 amide bonds. The van der Waals surface area contributed by atoms with Crippen molar-refractivity contribution in [1.82, 2.24) is 10.2 Å². The van der Waals surface area contributed by atoms with Crippen LogP contribution in [-0.4, -0.2) is 16.1 Å². The highest BCUT2D eigenvalue weighted by atomic mass is 19.1. The highest BCUT2D eigenvalue weighted by molar-refractivity contribution is 6.03. The van der Waals surface area contributed by atoms with Gasteiger partial charge in [-0.2, -0.15) is 5.26 Å². The van der Waals surface area contributed by atoms with Gasteiger partial charge in [0.25, 0.3) is 5.91 Å². The van der Waals surface area contributed by atoms with Gasteiger partial charge in [-0.1, -0.05) is 6.07 Å². The summed E-state index contributed by atoms with van der Waals surface area (Å²) in [6.45, 7) is 0. The number of benzene rings is 2. The molecule has 3 aromatic rings.